The minimum Gasteiger partial charge on any atom is -0.371 e. The minimum absolute atomic E-state index is 0.225. The van der Waals surface area contributed by atoms with Crippen LogP contribution in [0.5, 0.6) is 0 Å². The molecule has 2 aliphatic rings. The van der Waals surface area contributed by atoms with Gasteiger partial charge in [0, 0.05) is 10.7 Å². The van der Waals surface area contributed by atoms with E-state index in [0.717, 1.165) is 25.7 Å². The van der Waals surface area contributed by atoms with Gasteiger partial charge >= 0.3 is 6.03 Å². The molecule has 1 unspecified atom stereocenters. The van der Waals surface area contributed by atoms with Crippen molar-refractivity contribution in [3.8, 4) is 0 Å². The first kappa shape index (κ1) is 12.8. The summed E-state index contributed by atoms with van der Waals surface area (Å²) in [5.41, 5.74) is 0.200. The largest absolute Gasteiger partial charge is 0.371 e. The number of carbonyl (C=O) groups excluding carboxylic acids is 1. The van der Waals surface area contributed by atoms with Crippen molar-refractivity contribution in [3.63, 3.8) is 0 Å². The van der Waals surface area contributed by atoms with E-state index in [2.05, 4.69) is 5.32 Å². The highest BCUT2D eigenvalue weighted by atomic mass is 35.5. The van der Waals surface area contributed by atoms with Gasteiger partial charge < -0.3 is 10.4 Å². The Hall–Kier alpha value is -1.26. The van der Waals surface area contributed by atoms with E-state index in [1.54, 1.807) is 24.3 Å². The topological polar surface area (TPSA) is 52.6 Å². The molecule has 2 N–H and O–H groups in total. The second-order valence-electron chi connectivity index (χ2n) is 5.37. The number of nitrogens with one attached hydrogen (secondary N) is 1. The highest BCUT2D eigenvalue weighted by molar-refractivity contribution is 6.30. The Bertz CT molecular complexity index is 483. The first-order valence-corrected chi connectivity index (χ1v) is 7.05. The maximum atomic E-state index is 12.2. The van der Waals surface area contributed by atoms with E-state index in [4.69, 9.17) is 11.6 Å². The van der Waals surface area contributed by atoms with Crippen LogP contribution < -0.4 is 10.2 Å². The number of hydrogen-bond acceptors (Lipinski definition) is 2. The van der Waals surface area contributed by atoms with E-state index in [1.807, 2.05) is 0 Å². The first-order valence-electron chi connectivity index (χ1n) is 6.67. The van der Waals surface area contributed by atoms with Crippen molar-refractivity contribution in [1.29, 1.82) is 0 Å². The number of halogens is 1. The van der Waals surface area contributed by atoms with Gasteiger partial charge in [-0.25, -0.2) is 4.79 Å². The Morgan fingerprint density at radius 2 is 1.84 bits per heavy atom. The molecule has 5 heteroatoms. The lowest BCUT2D eigenvalue weighted by atomic mass is 9.81. The van der Waals surface area contributed by atoms with Gasteiger partial charge in [0.05, 0.1) is 5.54 Å². The van der Waals surface area contributed by atoms with Gasteiger partial charge in [0.2, 0.25) is 0 Å². The zero-order valence-corrected chi connectivity index (χ0v) is 11.4. The molecule has 1 aliphatic heterocycles. The maximum absolute atomic E-state index is 12.2. The minimum atomic E-state index is -0.804. The van der Waals surface area contributed by atoms with Gasteiger partial charge in [-0.2, -0.15) is 0 Å². The molecule has 102 valence electrons. The van der Waals surface area contributed by atoms with Crippen molar-refractivity contribution in [2.75, 3.05) is 4.90 Å². The van der Waals surface area contributed by atoms with E-state index in [-0.39, 0.29) is 6.03 Å². The summed E-state index contributed by atoms with van der Waals surface area (Å²) in [6.45, 7) is 0. The van der Waals surface area contributed by atoms with Crippen LogP contribution in [-0.2, 0) is 0 Å². The molecule has 19 heavy (non-hydrogen) atoms. The highest BCUT2D eigenvalue weighted by Gasteiger charge is 2.51. The zero-order valence-electron chi connectivity index (χ0n) is 10.6. The molecular weight excluding hydrogens is 264 g/mol. The van der Waals surface area contributed by atoms with E-state index >= 15 is 0 Å². The second kappa shape index (κ2) is 4.69. The van der Waals surface area contributed by atoms with Crippen molar-refractivity contribution in [3.05, 3.63) is 29.3 Å². The third kappa shape index (κ3) is 2.09. The van der Waals surface area contributed by atoms with E-state index in [1.165, 1.54) is 11.3 Å². The Kier molecular flexibility index (Phi) is 3.15. The summed E-state index contributed by atoms with van der Waals surface area (Å²) in [5, 5.41) is 14.2. The lowest BCUT2D eigenvalue weighted by molar-refractivity contribution is 0.0719. The van der Waals surface area contributed by atoms with Gasteiger partial charge in [-0.05, 0) is 37.1 Å². The van der Waals surface area contributed by atoms with Crippen molar-refractivity contribution in [2.24, 2.45) is 0 Å². The summed E-state index contributed by atoms with van der Waals surface area (Å²) in [4.78, 5) is 13.6. The summed E-state index contributed by atoms with van der Waals surface area (Å²) in [7, 11) is 0. The fourth-order valence-electron chi connectivity index (χ4n) is 3.12. The van der Waals surface area contributed by atoms with E-state index < -0.39 is 11.8 Å². The van der Waals surface area contributed by atoms with Crippen LogP contribution in [0.4, 0.5) is 10.5 Å². The number of hydrogen-bond donors (Lipinski definition) is 2. The number of benzene rings is 1. The average Bonchev–Trinajstić information content (AvgIpc) is 2.64. The van der Waals surface area contributed by atoms with Crippen molar-refractivity contribution in [2.45, 2.75) is 43.9 Å². The number of aliphatic hydroxyl groups is 1. The van der Waals surface area contributed by atoms with Crippen LogP contribution >= 0.6 is 11.6 Å². The third-order valence-electron chi connectivity index (χ3n) is 4.16. The molecule has 1 aliphatic carbocycles. The SMILES string of the molecule is O=C1NC2(CCCCC2)C(O)N1c1ccc(Cl)cc1. The molecule has 4 nitrogen and oxygen atoms in total. The lowest BCUT2D eigenvalue weighted by Gasteiger charge is -2.36. The van der Waals surface area contributed by atoms with Crippen LogP contribution in [0.3, 0.4) is 0 Å². The lowest BCUT2D eigenvalue weighted by Crippen LogP contribution is -2.51. The highest BCUT2D eigenvalue weighted by Crippen LogP contribution is 2.38. The smallest absolute Gasteiger partial charge is 0.324 e. The summed E-state index contributed by atoms with van der Waals surface area (Å²) in [6.07, 6.45) is 4.14. The van der Waals surface area contributed by atoms with Crippen molar-refractivity contribution in [1.82, 2.24) is 5.32 Å². The third-order valence-corrected chi connectivity index (χ3v) is 4.42. The Morgan fingerprint density at radius 1 is 1.21 bits per heavy atom. The van der Waals surface area contributed by atoms with Gasteiger partial charge in [-0.15, -0.1) is 0 Å². The molecule has 1 spiro atoms. The number of anilines is 1. The number of carbonyl (C=O) groups is 1. The summed E-state index contributed by atoms with van der Waals surface area (Å²) in [5.74, 6) is 0. The van der Waals surface area contributed by atoms with Gasteiger partial charge in [0.25, 0.3) is 0 Å². The second-order valence-corrected chi connectivity index (χ2v) is 5.80. The van der Waals surface area contributed by atoms with Gasteiger partial charge in [0.1, 0.15) is 0 Å². The van der Waals surface area contributed by atoms with Gasteiger partial charge in [0.15, 0.2) is 6.23 Å². The number of rotatable bonds is 1. The molecule has 1 heterocycles. The molecule has 0 radical (unpaired) electrons. The van der Waals surface area contributed by atoms with Crippen LogP contribution in [0.1, 0.15) is 32.1 Å². The Labute approximate surface area is 117 Å². The number of nitrogens with zero attached hydrogens (tertiary/aromatic N) is 1. The zero-order chi connectivity index (χ0) is 13.5. The summed E-state index contributed by atoms with van der Waals surface area (Å²) >= 11 is 5.85. The molecular formula is C14H17ClN2O2. The fourth-order valence-corrected chi connectivity index (χ4v) is 3.25. The maximum Gasteiger partial charge on any atom is 0.324 e. The van der Waals surface area contributed by atoms with E-state index in [9.17, 15) is 9.90 Å². The standard InChI is InChI=1S/C14H17ClN2O2/c15-10-4-6-11(7-5-10)17-12(18)14(16-13(17)19)8-2-1-3-9-14/h4-7,12,18H,1-3,8-9H2,(H,16,19). The molecule has 2 fully saturated rings. The molecule has 3 rings (SSSR count). The van der Waals surface area contributed by atoms with Crippen molar-refractivity contribution >= 4 is 23.3 Å². The monoisotopic (exact) mass is 280 g/mol. The normalized spacial score (nSPS) is 25.7. The molecule has 0 aromatic heterocycles. The predicted molar refractivity (Wildman–Crippen MR) is 74.3 cm³/mol. The number of urea groups is 1. The molecule has 1 aromatic rings. The van der Waals surface area contributed by atoms with Crippen LogP contribution in [0.2, 0.25) is 5.02 Å². The van der Waals surface area contributed by atoms with Crippen LogP contribution in [0.25, 0.3) is 0 Å². The molecule has 1 aromatic carbocycles. The quantitative estimate of drug-likeness (QED) is 0.831. The molecule has 0 bridgehead atoms. The Balaban J connectivity index is 1.90. The first-order chi connectivity index (χ1) is 9.12. The molecule has 1 saturated carbocycles. The van der Waals surface area contributed by atoms with Crippen molar-refractivity contribution < 1.29 is 9.90 Å². The van der Waals surface area contributed by atoms with Crippen LogP contribution in [0.15, 0.2) is 24.3 Å². The molecule has 1 saturated heterocycles. The van der Waals surface area contributed by atoms with Crippen LogP contribution in [-0.4, -0.2) is 22.9 Å². The van der Waals surface area contributed by atoms with Gasteiger partial charge in [-0.1, -0.05) is 30.9 Å². The summed E-state index contributed by atoms with van der Waals surface area (Å²) < 4.78 is 0. The Morgan fingerprint density at radius 3 is 2.47 bits per heavy atom. The van der Waals surface area contributed by atoms with E-state index in [0.29, 0.717) is 10.7 Å². The number of aliphatic hydroxyl groups excluding tert-OH is 1. The number of amides is 2. The average molecular weight is 281 g/mol. The van der Waals surface area contributed by atoms with Crippen LogP contribution in [0, 0.1) is 0 Å². The predicted octanol–water partition coefficient (Wildman–Crippen LogP) is 2.89. The summed E-state index contributed by atoms with van der Waals surface area (Å²) in [6, 6.07) is 6.74. The molecule has 2 amide bonds. The molecule has 1 atom stereocenters. The van der Waals surface area contributed by atoms with Gasteiger partial charge in [-0.3, -0.25) is 4.90 Å². The fraction of sp³-hybridized carbons (Fsp3) is 0.500.